The van der Waals surface area contributed by atoms with Crippen molar-refractivity contribution < 1.29 is 4.79 Å². The average Bonchev–Trinajstić information content (AvgIpc) is 3.00. The molecule has 8 heteroatoms. The second kappa shape index (κ2) is 7.21. The number of likely N-dealkylation sites (tertiary alicyclic amines) is 1. The average molecular weight is 382 g/mol. The first-order valence-electron chi connectivity index (χ1n) is 8.99. The molecule has 0 radical (unpaired) electrons. The van der Waals surface area contributed by atoms with Gasteiger partial charge in [0.2, 0.25) is 5.95 Å². The number of thiophene rings is 1. The van der Waals surface area contributed by atoms with Gasteiger partial charge in [0.15, 0.2) is 5.69 Å². The number of fused-ring (bicyclic) bond motifs is 1. The lowest BCUT2D eigenvalue weighted by atomic mass is 10.00. The van der Waals surface area contributed by atoms with Gasteiger partial charge in [0.05, 0.1) is 16.3 Å². The Morgan fingerprint density at radius 2 is 2.26 bits per heavy atom. The van der Waals surface area contributed by atoms with E-state index in [1.807, 2.05) is 43.1 Å². The summed E-state index contributed by atoms with van der Waals surface area (Å²) < 4.78 is 0.841. The maximum Gasteiger partial charge on any atom is 0.274 e. The number of amides is 1. The monoisotopic (exact) mass is 382 g/mol. The first-order chi connectivity index (χ1) is 13.0. The molecule has 4 heterocycles. The van der Waals surface area contributed by atoms with Gasteiger partial charge < -0.3 is 16.0 Å². The summed E-state index contributed by atoms with van der Waals surface area (Å²) in [5, 5.41) is 3.30. The van der Waals surface area contributed by atoms with Crippen LogP contribution in [0.3, 0.4) is 0 Å². The highest BCUT2D eigenvalue weighted by molar-refractivity contribution is 7.19. The van der Waals surface area contributed by atoms with Crippen molar-refractivity contribution in [3.05, 3.63) is 46.7 Å². The third-order valence-electron chi connectivity index (χ3n) is 4.81. The lowest BCUT2D eigenvalue weighted by molar-refractivity contribution is 0.0512. The highest BCUT2D eigenvalue weighted by Crippen LogP contribution is 2.30. The molecule has 1 aliphatic rings. The van der Waals surface area contributed by atoms with Crippen LogP contribution in [-0.2, 0) is 0 Å². The van der Waals surface area contributed by atoms with Gasteiger partial charge in [0.1, 0.15) is 0 Å². The SMILES string of the molecule is Cc1cc2nc(N[C@@H](C)c3cccnc3)nc(C(=O)N3CC(CN)C3)c2s1. The third kappa shape index (κ3) is 3.50. The summed E-state index contributed by atoms with van der Waals surface area (Å²) in [5.41, 5.74) is 7.98. The number of hydrogen-bond donors (Lipinski definition) is 2. The molecular weight excluding hydrogens is 360 g/mol. The molecule has 3 aromatic heterocycles. The van der Waals surface area contributed by atoms with Crippen LogP contribution < -0.4 is 11.1 Å². The summed E-state index contributed by atoms with van der Waals surface area (Å²) in [6.45, 7) is 6.03. The van der Waals surface area contributed by atoms with E-state index in [0.29, 0.717) is 37.2 Å². The number of carbonyl (C=O) groups excluding carboxylic acids is 1. The predicted octanol–water partition coefficient (Wildman–Crippen LogP) is 2.60. The summed E-state index contributed by atoms with van der Waals surface area (Å²) in [6, 6.07) is 5.87. The maximum absolute atomic E-state index is 13.0. The number of pyridine rings is 1. The number of nitrogens with two attached hydrogens (primary N) is 1. The van der Waals surface area contributed by atoms with E-state index in [0.717, 1.165) is 20.7 Å². The lowest BCUT2D eigenvalue weighted by Crippen LogP contribution is -2.52. The summed E-state index contributed by atoms with van der Waals surface area (Å²) in [4.78, 5) is 29.2. The molecule has 140 valence electrons. The Bertz CT molecular complexity index is 967. The second-order valence-electron chi connectivity index (χ2n) is 6.93. The number of carbonyl (C=O) groups is 1. The minimum absolute atomic E-state index is 0.0236. The quantitative estimate of drug-likeness (QED) is 0.704. The Balaban J connectivity index is 1.65. The standard InChI is InChI=1S/C19H22N6OS/c1-11-6-15-17(27-11)16(18(26)25-9-13(7-20)10-25)24-19(23-15)22-12(2)14-4-3-5-21-8-14/h3-6,8,12-13H,7,9-10,20H2,1-2H3,(H,22,23,24)/t12-/m0/s1. The molecule has 27 heavy (non-hydrogen) atoms. The second-order valence-corrected chi connectivity index (χ2v) is 8.19. The first-order valence-corrected chi connectivity index (χ1v) is 9.80. The molecule has 0 unspecified atom stereocenters. The molecule has 1 amide bonds. The zero-order valence-electron chi connectivity index (χ0n) is 15.3. The van der Waals surface area contributed by atoms with E-state index < -0.39 is 0 Å². The van der Waals surface area contributed by atoms with E-state index in [4.69, 9.17) is 5.73 Å². The van der Waals surface area contributed by atoms with Crippen LogP contribution in [0.1, 0.15) is 33.9 Å². The molecule has 3 aromatic rings. The van der Waals surface area contributed by atoms with Crippen molar-refractivity contribution in [3.63, 3.8) is 0 Å². The molecule has 1 fully saturated rings. The molecule has 1 aliphatic heterocycles. The topological polar surface area (TPSA) is 97.0 Å². The van der Waals surface area contributed by atoms with Crippen LogP contribution in [-0.4, -0.2) is 45.4 Å². The highest BCUT2D eigenvalue weighted by atomic mass is 32.1. The fraction of sp³-hybridized carbons (Fsp3) is 0.368. The number of nitrogens with zero attached hydrogens (tertiary/aromatic N) is 4. The molecule has 3 N–H and O–H groups in total. The van der Waals surface area contributed by atoms with E-state index in [1.54, 1.807) is 17.5 Å². The summed E-state index contributed by atoms with van der Waals surface area (Å²) in [7, 11) is 0. The van der Waals surface area contributed by atoms with Crippen LogP contribution in [0, 0.1) is 12.8 Å². The minimum Gasteiger partial charge on any atom is -0.348 e. The summed E-state index contributed by atoms with van der Waals surface area (Å²) >= 11 is 1.55. The van der Waals surface area contributed by atoms with Gasteiger partial charge in [0, 0.05) is 36.3 Å². The fourth-order valence-corrected chi connectivity index (χ4v) is 4.13. The number of anilines is 1. The third-order valence-corrected chi connectivity index (χ3v) is 5.85. The number of aryl methyl sites for hydroxylation is 1. The molecule has 0 bridgehead atoms. The molecular formula is C19H22N6OS. The smallest absolute Gasteiger partial charge is 0.274 e. The van der Waals surface area contributed by atoms with E-state index in [9.17, 15) is 4.79 Å². The predicted molar refractivity (Wildman–Crippen MR) is 107 cm³/mol. The molecule has 0 spiro atoms. The van der Waals surface area contributed by atoms with E-state index in [2.05, 4.69) is 20.3 Å². The van der Waals surface area contributed by atoms with Gasteiger partial charge in [0.25, 0.3) is 5.91 Å². The molecule has 1 atom stereocenters. The van der Waals surface area contributed by atoms with Crippen LogP contribution in [0.15, 0.2) is 30.6 Å². The zero-order valence-corrected chi connectivity index (χ0v) is 16.2. The first kappa shape index (κ1) is 17.8. The van der Waals surface area contributed by atoms with Crippen molar-refractivity contribution in [2.24, 2.45) is 11.7 Å². The Morgan fingerprint density at radius 3 is 2.96 bits per heavy atom. The van der Waals surface area contributed by atoms with Crippen LogP contribution in [0.4, 0.5) is 5.95 Å². The van der Waals surface area contributed by atoms with Crippen LogP contribution in [0.5, 0.6) is 0 Å². The van der Waals surface area contributed by atoms with Gasteiger partial charge >= 0.3 is 0 Å². The maximum atomic E-state index is 13.0. The van der Waals surface area contributed by atoms with Gasteiger partial charge in [-0.15, -0.1) is 11.3 Å². The van der Waals surface area contributed by atoms with Crippen LogP contribution >= 0.6 is 11.3 Å². The van der Waals surface area contributed by atoms with Crippen LogP contribution in [0.2, 0.25) is 0 Å². The van der Waals surface area contributed by atoms with E-state index in [-0.39, 0.29) is 11.9 Å². The number of nitrogens with one attached hydrogen (secondary N) is 1. The number of hydrogen-bond acceptors (Lipinski definition) is 7. The number of aromatic nitrogens is 3. The van der Waals surface area contributed by atoms with Gasteiger partial charge in [-0.2, -0.15) is 0 Å². The van der Waals surface area contributed by atoms with Crippen LogP contribution in [0.25, 0.3) is 10.2 Å². The van der Waals surface area contributed by atoms with Gasteiger partial charge in [-0.1, -0.05) is 6.07 Å². The number of rotatable bonds is 5. The normalized spacial score (nSPS) is 15.6. The fourth-order valence-electron chi connectivity index (χ4n) is 3.20. The van der Waals surface area contributed by atoms with Gasteiger partial charge in [-0.3, -0.25) is 9.78 Å². The van der Waals surface area contributed by atoms with Crippen molar-refractivity contribution in [3.8, 4) is 0 Å². The molecule has 1 saturated heterocycles. The zero-order chi connectivity index (χ0) is 19.0. The van der Waals surface area contributed by atoms with Crippen molar-refractivity contribution in [2.75, 3.05) is 25.0 Å². The van der Waals surface area contributed by atoms with Crippen molar-refractivity contribution in [1.29, 1.82) is 0 Å². The summed E-state index contributed by atoms with van der Waals surface area (Å²) in [5.74, 6) is 0.793. The van der Waals surface area contributed by atoms with Crippen molar-refractivity contribution >= 4 is 33.4 Å². The lowest BCUT2D eigenvalue weighted by Gasteiger charge is -2.38. The van der Waals surface area contributed by atoms with E-state index >= 15 is 0 Å². The van der Waals surface area contributed by atoms with E-state index in [1.165, 1.54) is 0 Å². The Morgan fingerprint density at radius 1 is 1.44 bits per heavy atom. The van der Waals surface area contributed by atoms with Gasteiger partial charge in [-0.05, 0) is 38.1 Å². The summed E-state index contributed by atoms with van der Waals surface area (Å²) in [6.07, 6.45) is 3.55. The van der Waals surface area contributed by atoms with Crippen molar-refractivity contribution in [2.45, 2.75) is 19.9 Å². The molecule has 4 rings (SSSR count). The molecule has 7 nitrogen and oxygen atoms in total. The minimum atomic E-state index is -0.0500. The van der Waals surface area contributed by atoms with Gasteiger partial charge in [-0.25, -0.2) is 9.97 Å². The Hall–Kier alpha value is -2.58. The molecule has 0 saturated carbocycles. The highest BCUT2D eigenvalue weighted by Gasteiger charge is 2.32. The molecule has 0 aliphatic carbocycles. The Kier molecular flexibility index (Phi) is 4.75. The Labute approximate surface area is 161 Å². The largest absolute Gasteiger partial charge is 0.348 e. The molecule has 0 aromatic carbocycles. The van der Waals surface area contributed by atoms with Crippen molar-refractivity contribution in [1.82, 2.24) is 19.9 Å².